The standard InChI is InChI=1S/C17H21N3O2/c1-13-18-16-6-3-2-5-15(16)17(19-13)22-12-4-9-20-10-7-14(21)8-11-20/h2-3,5-6H,4,7-12H2,1H3. The van der Waals surface area contributed by atoms with E-state index >= 15 is 0 Å². The van der Waals surface area contributed by atoms with Gasteiger partial charge in [0.1, 0.15) is 11.6 Å². The number of para-hydroxylation sites is 1. The van der Waals surface area contributed by atoms with Gasteiger partial charge in [-0.25, -0.2) is 4.98 Å². The Balaban J connectivity index is 1.54. The molecule has 0 bridgehead atoms. The van der Waals surface area contributed by atoms with Crippen molar-refractivity contribution in [1.82, 2.24) is 14.9 Å². The summed E-state index contributed by atoms with van der Waals surface area (Å²) in [7, 11) is 0. The minimum Gasteiger partial charge on any atom is -0.477 e. The summed E-state index contributed by atoms with van der Waals surface area (Å²) >= 11 is 0. The largest absolute Gasteiger partial charge is 0.477 e. The third kappa shape index (κ3) is 3.60. The summed E-state index contributed by atoms with van der Waals surface area (Å²) in [6, 6.07) is 7.90. The van der Waals surface area contributed by atoms with E-state index < -0.39 is 0 Å². The second-order valence-corrected chi connectivity index (χ2v) is 5.68. The second kappa shape index (κ2) is 6.83. The zero-order chi connectivity index (χ0) is 15.4. The monoisotopic (exact) mass is 299 g/mol. The van der Waals surface area contributed by atoms with Crippen LogP contribution in [0.3, 0.4) is 0 Å². The molecular weight excluding hydrogens is 278 g/mol. The van der Waals surface area contributed by atoms with E-state index in [0.717, 1.165) is 42.8 Å². The van der Waals surface area contributed by atoms with Crippen molar-refractivity contribution in [2.45, 2.75) is 26.2 Å². The van der Waals surface area contributed by atoms with E-state index in [9.17, 15) is 4.79 Å². The van der Waals surface area contributed by atoms with E-state index in [-0.39, 0.29) is 0 Å². The second-order valence-electron chi connectivity index (χ2n) is 5.68. The Morgan fingerprint density at radius 3 is 2.77 bits per heavy atom. The summed E-state index contributed by atoms with van der Waals surface area (Å²) in [5, 5.41) is 0.955. The summed E-state index contributed by atoms with van der Waals surface area (Å²) in [6.45, 7) is 5.24. The van der Waals surface area contributed by atoms with Crippen molar-refractivity contribution in [2.24, 2.45) is 0 Å². The first-order valence-corrected chi connectivity index (χ1v) is 7.82. The third-order valence-electron chi connectivity index (χ3n) is 3.95. The highest BCUT2D eigenvalue weighted by Gasteiger charge is 2.15. The normalized spacial score (nSPS) is 16.1. The van der Waals surface area contributed by atoms with Gasteiger partial charge in [0, 0.05) is 32.5 Å². The Bertz CT molecular complexity index is 662. The number of aryl methyl sites for hydroxylation is 1. The van der Waals surface area contributed by atoms with Crippen LogP contribution in [0.1, 0.15) is 25.1 Å². The number of hydrogen-bond donors (Lipinski definition) is 0. The number of carbonyl (C=O) groups excluding carboxylic acids is 1. The van der Waals surface area contributed by atoms with Gasteiger partial charge in [-0.1, -0.05) is 12.1 Å². The van der Waals surface area contributed by atoms with Gasteiger partial charge in [-0.05, 0) is 25.5 Å². The predicted octanol–water partition coefficient (Wildman–Crippen LogP) is 2.37. The molecule has 116 valence electrons. The van der Waals surface area contributed by atoms with Crippen LogP contribution in [0.2, 0.25) is 0 Å². The van der Waals surface area contributed by atoms with Crippen LogP contribution in [0.15, 0.2) is 24.3 Å². The number of piperidine rings is 1. The lowest BCUT2D eigenvalue weighted by atomic mass is 10.1. The Labute approximate surface area is 130 Å². The van der Waals surface area contributed by atoms with Crippen molar-refractivity contribution in [3.63, 3.8) is 0 Å². The summed E-state index contributed by atoms with van der Waals surface area (Å²) < 4.78 is 5.87. The van der Waals surface area contributed by atoms with Crippen molar-refractivity contribution in [3.8, 4) is 5.88 Å². The molecule has 0 aliphatic carbocycles. The maximum atomic E-state index is 11.2. The van der Waals surface area contributed by atoms with Gasteiger partial charge in [0.2, 0.25) is 5.88 Å². The molecule has 1 aromatic carbocycles. The molecule has 1 fully saturated rings. The third-order valence-corrected chi connectivity index (χ3v) is 3.95. The van der Waals surface area contributed by atoms with Gasteiger partial charge in [0.05, 0.1) is 17.5 Å². The zero-order valence-electron chi connectivity index (χ0n) is 12.9. The number of rotatable bonds is 5. The molecule has 5 heteroatoms. The molecule has 1 aliphatic rings. The molecule has 2 heterocycles. The highest BCUT2D eigenvalue weighted by Crippen LogP contribution is 2.22. The van der Waals surface area contributed by atoms with Crippen molar-refractivity contribution in [3.05, 3.63) is 30.1 Å². The molecule has 1 aromatic heterocycles. The molecule has 1 aliphatic heterocycles. The van der Waals surface area contributed by atoms with Crippen LogP contribution in [0.4, 0.5) is 0 Å². The number of hydrogen-bond acceptors (Lipinski definition) is 5. The molecule has 5 nitrogen and oxygen atoms in total. The molecule has 0 atom stereocenters. The van der Waals surface area contributed by atoms with Crippen LogP contribution in [-0.4, -0.2) is 46.9 Å². The quantitative estimate of drug-likeness (QED) is 0.793. The molecule has 0 N–H and O–H groups in total. The van der Waals surface area contributed by atoms with E-state index in [1.54, 1.807) is 0 Å². The molecule has 22 heavy (non-hydrogen) atoms. The molecule has 2 aromatic rings. The summed E-state index contributed by atoms with van der Waals surface area (Å²) in [6.07, 6.45) is 2.32. The van der Waals surface area contributed by atoms with Crippen LogP contribution in [0, 0.1) is 6.92 Å². The first kappa shape index (κ1) is 14.9. The van der Waals surface area contributed by atoms with Crippen LogP contribution >= 0.6 is 0 Å². The number of nitrogens with zero attached hydrogens (tertiary/aromatic N) is 3. The Kier molecular flexibility index (Phi) is 4.63. The molecule has 3 rings (SSSR count). The van der Waals surface area contributed by atoms with E-state index in [2.05, 4.69) is 14.9 Å². The Morgan fingerprint density at radius 2 is 1.95 bits per heavy atom. The Morgan fingerprint density at radius 1 is 1.18 bits per heavy atom. The van der Waals surface area contributed by atoms with Gasteiger partial charge in [0.15, 0.2) is 0 Å². The van der Waals surface area contributed by atoms with E-state index in [1.165, 1.54) is 0 Å². The summed E-state index contributed by atoms with van der Waals surface area (Å²) in [5.74, 6) is 1.77. The number of likely N-dealkylation sites (tertiary alicyclic amines) is 1. The van der Waals surface area contributed by atoms with Crippen LogP contribution in [0.5, 0.6) is 5.88 Å². The topological polar surface area (TPSA) is 55.3 Å². The number of aromatic nitrogens is 2. The first-order chi connectivity index (χ1) is 10.7. The van der Waals surface area contributed by atoms with Crippen LogP contribution in [0.25, 0.3) is 10.9 Å². The SMILES string of the molecule is Cc1nc(OCCCN2CCC(=O)CC2)c2ccccc2n1. The van der Waals surface area contributed by atoms with Crippen molar-refractivity contribution in [1.29, 1.82) is 0 Å². The fourth-order valence-corrected chi connectivity index (χ4v) is 2.75. The van der Waals surface area contributed by atoms with Gasteiger partial charge >= 0.3 is 0 Å². The van der Waals surface area contributed by atoms with Gasteiger partial charge in [0.25, 0.3) is 0 Å². The smallest absolute Gasteiger partial charge is 0.224 e. The fourth-order valence-electron chi connectivity index (χ4n) is 2.75. The van der Waals surface area contributed by atoms with Crippen molar-refractivity contribution >= 4 is 16.7 Å². The van der Waals surface area contributed by atoms with Crippen LogP contribution < -0.4 is 4.74 Å². The molecule has 0 saturated carbocycles. The molecular formula is C17H21N3O2. The Hall–Kier alpha value is -2.01. The summed E-state index contributed by atoms with van der Waals surface area (Å²) in [4.78, 5) is 22.4. The predicted molar refractivity (Wildman–Crippen MR) is 85.1 cm³/mol. The van der Waals surface area contributed by atoms with Crippen LogP contribution in [-0.2, 0) is 4.79 Å². The van der Waals surface area contributed by atoms with E-state index in [4.69, 9.17) is 4.74 Å². The number of Topliss-reactive ketones (excluding diaryl/α,β-unsaturated/α-hetero) is 1. The zero-order valence-corrected chi connectivity index (χ0v) is 12.9. The first-order valence-electron chi connectivity index (χ1n) is 7.82. The van der Waals surface area contributed by atoms with Gasteiger partial charge in [-0.15, -0.1) is 0 Å². The lowest BCUT2D eigenvalue weighted by Gasteiger charge is -2.25. The highest BCUT2D eigenvalue weighted by atomic mass is 16.5. The highest BCUT2D eigenvalue weighted by molar-refractivity contribution is 5.83. The number of fused-ring (bicyclic) bond motifs is 1. The molecule has 0 spiro atoms. The van der Waals surface area contributed by atoms with E-state index in [0.29, 0.717) is 31.1 Å². The average molecular weight is 299 g/mol. The number of carbonyl (C=O) groups is 1. The van der Waals surface area contributed by atoms with Gasteiger partial charge in [-0.2, -0.15) is 4.98 Å². The minimum absolute atomic E-state index is 0.385. The van der Waals surface area contributed by atoms with Crippen molar-refractivity contribution < 1.29 is 9.53 Å². The van der Waals surface area contributed by atoms with Gasteiger partial charge < -0.3 is 9.64 Å². The molecule has 1 saturated heterocycles. The number of ether oxygens (including phenoxy) is 1. The summed E-state index contributed by atoms with van der Waals surface area (Å²) in [5.41, 5.74) is 0.916. The molecule has 0 unspecified atom stereocenters. The minimum atomic E-state index is 0.385. The maximum absolute atomic E-state index is 11.2. The fraction of sp³-hybridized carbons (Fsp3) is 0.471. The average Bonchev–Trinajstić information content (AvgIpc) is 2.53. The van der Waals surface area contributed by atoms with E-state index in [1.807, 2.05) is 31.2 Å². The molecule has 0 radical (unpaired) electrons. The lowest BCUT2D eigenvalue weighted by molar-refractivity contribution is -0.121. The molecule has 0 amide bonds. The van der Waals surface area contributed by atoms with Gasteiger partial charge in [-0.3, -0.25) is 4.79 Å². The number of ketones is 1. The maximum Gasteiger partial charge on any atom is 0.224 e. The number of benzene rings is 1. The van der Waals surface area contributed by atoms with Crippen molar-refractivity contribution in [2.75, 3.05) is 26.2 Å². The lowest BCUT2D eigenvalue weighted by Crippen LogP contribution is -2.35.